The van der Waals surface area contributed by atoms with Crippen molar-refractivity contribution in [3.63, 3.8) is 0 Å². The van der Waals surface area contributed by atoms with Crippen molar-refractivity contribution in [2.45, 2.75) is 95.2 Å². The Morgan fingerprint density at radius 3 is 1.00 bits per heavy atom. The van der Waals surface area contributed by atoms with Gasteiger partial charge in [-0.1, -0.05) is 0 Å². The van der Waals surface area contributed by atoms with Crippen molar-refractivity contribution in [3.8, 4) is 0 Å². The summed E-state index contributed by atoms with van der Waals surface area (Å²) in [5, 5.41) is 0. The Labute approximate surface area is 232 Å². The minimum Gasteiger partial charge on any atom is -1.00 e. The fraction of sp³-hybridized carbons (Fsp3) is 1.00. The lowest BCUT2D eigenvalue weighted by Gasteiger charge is -2.45. The summed E-state index contributed by atoms with van der Waals surface area (Å²) in [6, 6.07) is 1.96. The zero-order valence-corrected chi connectivity index (χ0v) is 25.0. The molecule has 0 unspecified atom stereocenters. The summed E-state index contributed by atoms with van der Waals surface area (Å²) < 4.78 is 8.78. The lowest BCUT2D eigenvalue weighted by atomic mass is 10.2. The maximum Gasteiger partial charge on any atom is 0.332 e. The van der Waals surface area contributed by atoms with Gasteiger partial charge in [0.25, 0.3) is 0 Å². The molecule has 0 aromatic heterocycles. The summed E-state index contributed by atoms with van der Waals surface area (Å²) >= 11 is 8.33. The molecular weight excluding hydrogens is 510 g/mol. The lowest BCUT2D eigenvalue weighted by Crippen LogP contribution is -3.00. The van der Waals surface area contributed by atoms with Crippen LogP contribution in [0.3, 0.4) is 0 Å². The lowest BCUT2D eigenvalue weighted by molar-refractivity contribution is -0.00000783. The predicted molar refractivity (Wildman–Crippen MR) is 149 cm³/mol. The van der Waals surface area contributed by atoms with E-state index < -0.39 is 7.07 Å². The van der Waals surface area contributed by atoms with E-state index in [2.05, 4.69) is 28.7 Å². The zero-order valence-electron chi connectivity index (χ0n) is 22.6. The highest BCUT2D eigenvalue weighted by atomic mass is 35.7. The summed E-state index contributed by atoms with van der Waals surface area (Å²) in [6.07, 6.45) is 16.4. The first-order valence-electron chi connectivity index (χ1n) is 15.3. The predicted octanol–water partition coefficient (Wildman–Crippen LogP) is 1.59. The molecule has 6 heterocycles. The Morgan fingerprint density at radius 2 is 0.722 bits per heavy atom. The summed E-state index contributed by atoms with van der Waals surface area (Å²) in [5.41, 5.74) is 0. The standard InChI is InChI=1S/C27H51ClN6P.ClH/c28-35(32-19-7-10-25(32)22-29-13-1-2-14-29,33-20-8-11-26(33)23-30-15-3-4-16-30)34-21-9-12-27(34)24-31-17-5-6-18-31;/h25-27H,1-24H2;1H/q+1;/p-1/t25-,26-,27-;/m0./s1. The Morgan fingerprint density at radius 1 is 0.444 bits per heavy atom. The summed E-state index contributed by atoms with van der Waals surface area (Å²) in [5.74, 6) is 0. The van der Waals surface area contributed by atoms with Gasteiger partial charge in [0.15, 0.2) is 11.2 Å². The molecule has 6 aliphatic rings. The van der Waals surface area contributed by atoms with Gasteiger partial charge in [-0.2, -0.15) is 0 Å². The maximum atomic E-state index is 8.33. The molecule has 0 N–H and O–H groups in total. The van der Waals surface area contributed by atoms with Gasteiger partial charge in [0.2, 0.25) is 0 Å². The molecule has 3 atom stereocenters. The van der Waals surface area contributed by atoms with Crippen LogP contribution in [0.25, 0.3) is 0 Å². The van der Waals surface area contributed by atoms with Gasteiger partial charge in [0, 0.05) is 39.3 Å². The van der Waals surface area contributed by atoms with Crippen molar-refractivity contribution in [1.82, 2.24) is 28.7 Å². The topological polar surface area (TPSA) is 19.4 Å². The second-order valence-electron chi connectivity index (χ2n) is 12.4. The van der Waals surface area contributed by atoms with E-state index in [0.29, 0.717) is 18.1 Å². The normalized spacial score (nSPS) is 34.4. The molecule has 9 heteroatoms. The van der Waals surface area contributed by atoms with E-state index in [1.807, 2.05) is 0 Å². The van der Waals surface area contributed by atoms with Crippen LogP contribution in [0.4, 0.5) is 0 Å². The average Bonchev–Trinajstić information content (AvgIpc) is 3.70. The van der Waals surface area contributed by atoms with Gasteiger partial charge >= 0.3 is 7.07 Å². The Balaban J connectivity index is 0.00000267. The zero-order chi connectivity index (χ0) is 23.7. The second-order valence-corrected chi connectivity index (χ2v) is 16.3. The van der Waals surface area contributed by atoms with Crippen LogP contribution in [0.1, 0.15) is 77.0 Å². The molecule has 208 valence electrons. The molecule has 6 aliphatic heterocycles. The molecule has 36 heavy (non-hydrogen) atoms. The van der Waals surface area contributed by atoms with Crippen molar-refractivity contribution in [3.05, 3.63) is 0 Å². The second kappa shape index (κ2) is 13.0. The van der Waals surface area contributed by atoms with Crippen molar-refractivity contribution in [2.24, 2.45) is 0 Å². The van der Waals surface area contributed by atoms with Crippen LogP contribution in [0.15, 0.2) is 0 Å². The molecule has 0 amide bonds. The first-order chi connectivity index (χ1) is 17.2. The number of hydrogen-bond acceptors (Lipinski definition) is 6. The van der Waals surface area contributed by atoms with Gasteiger partial charge in [-0.3, -0.25) is 0 Å². The average molecular weight is 562 g/mol. The number of halogens is 2. The minimum atomic E-state index is -2.06. The molecule has 0 aliphatic carbocycles. The van der Waals surface area contributed by atoms with E-state index in [1.165, 1.54) is 156 Å². The number of likely N-dealkylation sites (tertiary alicyclic amines) is 3. The molecule has 6 rings (SSSR count). The third kappa shape index (κ3) is 5.93. The molecule has 0 radical (unpaired) electrons. The molecule has 0 aromatic rings. The van der Waals surface area contributed by atoms with Gasteiger partial charge in [-0.25, -0.2) is 0 Å². The van der Waals surface area contributed by atoms with E-state index >= 15 is 0 Å². The molecule has 6 saturated heterocycles. The van der Waals surface area contributed by atoms with Crippen LogP contribution < -0.4 is 12.4 Å². The largest absolute Gasteiger partial charge is 1.00 e. The Hall–Kier alpha value is 0.770. The fourth-order valence-electron chi connectivity index (χ4n) is 8.26. The molecule has 0 aromatic carbocycles. The first kappa shape index (κ1) is 28.3. The Kier molecular flexibility index (Phi) is 10.2. The van der Waals surface area contributed by atoms with Crippen LogP contribution in [-0.4, -0.2) is 125 Å². The molecule has 0 saturated carbocycles. The highest BCUT2D eigenvalue weighted by molar-refractivity contribution is 7.93. The van der Waals surface area contributed by atoms with E-state index in [9.17, 15) is 0 Å². The fourth-order valence-corrected chi connectivity index (χ4v) is 13.9. The number of rotatable bonds is 9. The van der Waals surface area contributed by atoms with Crippen molar-refractivity contribution >= 4 is 18.3 Å². The van der Waals surface area contributed by atoms with Gasteiger partial charge in [0.1, 0.15) is 0 Å². The van der Waals surface area contributed by atoms with Gasteiger partial charge in [0.05, 0.1) is 18.1 Å². The monoisotopic (exact) mass is 560 g/mol. The van der Waals surface area contributed by atoms with Gasteiger partial charge in [-0.15, -0.1) is 14.0 Å². The first-order valence-corrected chi connectivity index (χ1v) is 17.8. The van der Waals surface area contributed by atoms with Crippen LogP contribution in [-0.2, 0) is 0 Å². The van der Waals surface area contributed by atoms with Crippen LogP contribution in [0.2, 0.25) is 0 Å². The van der Waals surface area contributed by atoms with E-state index in [1.54, 1.807) is 0 Å². The quantitative estimate of drug-likeness (QED) is 0.396. The highest BCUT2D eigenvalue weighted by Gasteiger charge is 2.64. The number of hydrogen-bond donors (Lipinski definition) is 0. The van der Waals surface area contributed by atoms with Crippen molar-refractivity contribution in [1.29, 1.82) is 0 Å². The van der Waals surface area contributed by atoms with E-state index in [-0.39, 0.29) is 12.4 Å². The SMILES string of the molecule is Cl[P+](N1CCC[C@H]1CN1CCCC1)(N1CCC[C@H]1CN1CCCC1)N1CCC[C@H]1CN1CCCC1.[Cl-]. The molecular formula is C27H51Cl2N6P. The molecule has 6 nitrogen and oxygen atoms in total. The minimum absolute atomic E-state index is 0. The summed E-state index contributed by atoms with van der Waals surface area (Å²) in [7, 11) is -2.06. The molecule has 0 bridgehead atoms. The molecule has 6 fully saturated rings. The van der Waals surface area contributed by atoms with Gasteiger partial charge in [-0.05, 0) is 116 Å². The molecule has 0 spiro atoms. The van der Waals surface area contributed by atoms with Gasteiger partial charge < -0.3 is 27.1 Å². The van der Waals surface area contributed by atoms with Crippen molar-refractivity contribution < 1.29 is 12.4 Å². The smallest absolute Gasteiger partial charge is 0.332 e. The third-order valence-corrected chi connectivity index (χ3v) is 15.3. The summed E-state index contributed by atoms with van der Waals surface area (Å²) in [4.78, 5) is 8.25. The van der Waals surface area contributed by atoms with E-state index in [0.717, 1.165) is 0 Å². The van der Waals surface area contributed by atoms with Crippen LogP contribution >= 0.6 is 18.3 Å². The van der Waals surface area contributed by atoms with Crippen LogP contribution in [0.5, 0.6) is 0 Å². The summed E-state index contributed by atoms with van der Waals surface area (Å²) in [6.45, 7) is 15.3. The maximum absolute atomic E-state index is 8.33. The number of nitrogens with zero attached hydrogens (tertiary/aromatic N) is 6. The van der Waals surface area contributed by atoms with Crippen LogP contribution in [0, 0.1) is 0 Å². The van der Waals surface area contributed by atoms with E-state index in [4.69, 9.17) is 11.2 Å². The van der Waals surface area contributed by atoms with Crippen molar-refractivity contribution in [2.75, 3.05) is 78.5 Å². The Bertz CT molecular complexity index is 597. The third-order valence-electron chi connectivity index (χ3n) is 10.0. The highest BCUT2D eigenvalue weighted by Crippen LogP contribution is 2.76.